The molecule has 0 N–H and O–H groups in total. The number of carbonyl (C=O) groups is 2. The van der Waals surface area contributed by atoms with Crippen molar-refractivity contribution in [3.8, 4) is 17.2 Å². The monoisotopic (exact) mass is 391 g/mol. The second-order valence-electron chi connectivity index (χ2n) is 7.32. The van der Waals surface area contributed by atoms with Crippen molar-refractivity contribution in [3.05, 3.63) is 17.7 Å². The zero-order valence-corrected chi connectivity index (χ0v) is 16.9. The number of likely N-dealkylation sites (tertiary alicyclic amines) is 1. The van der Waals surface area contributed by atoms with Gasteiger partial charge in [-0.25, -0.2) is 4.79 Å². The molecule has 7 heteroatoms. The fourth-order valence-corrected chi connectivity index (χ4v) is 4.41. The summed E-state index contributed by atoms with van der Waals surface area (Å²) >= 11 is 0. The number of esters is 1. The number of hydrogen-bond acceptors (Lipinski definition) is 6. The fraction of sp³-hybridized carbons (Fsp3) is 0.619. The van der Waals surface area contributed by atoms with Crippen molar-refractivity contribution >= 4 is 11.9 Å². The summed E-state index contributed by atoms with van der Waals surface area (Å²) < 4.78 is 21.1. The van der Waals surface area contributed by atoms with E-state index in [2.05, 4.69) is 0 Å². The van der Waals surface area contributed by atoms with Gasteiger partial charge >= 0.3 is 5.97 Å². The SMILES string of the molecule is COc1cc(OC)c(C(=O)OCC(=O)N2CCC[C@H]3CCCC[C@H]32)cc1OC. The Morgan fingerprint density at radius 2 is 1.57 bits per heavy atom. The zero-order valence-electron chi connectivity index (χ0n) is 16.9. The number of benzene rings is 1. The first-order valence-corrected chi connectivity index (χ1v) is 9.85. The van der Waals surface area contributed by atoms with Crippen LogP contribution < -0.4 is 14.2 Å². The van der Waals surface area contributed by atoms with Crippen LogP contribution >= 0.6 is 0 Å². The number of hydrogen-bond donors (Lipinski definition) is 0. The largest absolute Gasteiger partial charge is 0.496 e. The Hall–Kier alpha value is -2.44. The molecule has 0 spiro atoms. The number of fused-ring (bicyclic) bond motifs is 1. The molecular weight excluding hydrogens is 362 g/mol. The first-order valence-electron chi connectivity index (χ1n) is 9.85. The highest BCUT2D eigenvalue weighted by Gasteiger charge is 2.36. The number of amides is 1. The second kappa shape index (κ2) is 9.17. The molecule has 1 saturated carbocycles. The van der Waals surface area contributed by atoms with Crippen molar-refractivity contribution in [2.45, 2.75) is 44.6 Å². The minimum Gasteiger partial charge on any atom is -0.496 e. The molecule has 1 amide bonds. The molecule has 1 aromatic rings. The number of nitrogens with zero attached hydrogens (tertiary/aromatic N) is 1. The van der Waals surface area contributed by atoms with Crippen LogP contribution in [0, 0.1) is 5.92 Å². The van der Waals surface area contributed by atoms with E-state index in [0.29, 0.717) is 29.2 Å². The minimum absolute atomic E-state index is 0.121. The Bertz CT molecular complexity index is 717. The Labute approximate surface area is 165 Å². The van der Waals surface area contributed by atoms with Gasteiger partial charge in [0.2, 0.25) is 0 Å². The van der Waals surface area contributed by atoms with E-state index >= 15 is 0 Å². The molecule has 0 radical (unpaired) electrons. The van der Waals surface area contributed by atoms with Crippen LogP contribution in [-0.4, -0.2) is 57.3 Å². The molecule has 0 aromatic heterocycles. The number of carbonyl (C=O) groups excluding carboxylic acids is 2. The topological polar surface area (TPSA) is 74.3 Å². The first-order chi connectivity index (χ1) is 13.6. The lowest BCUT2D eigenvalue weighted by atomic mass is 9.78. The quantitative estimate of drug-likeness (QED) is 0.694. The molecule has 3 rings (SSSR count). The van der Waals surface area contributed by atoms with Gasteiger partial charge in [0.1, 0.15) is 11.3 Å². The zero-order chi connectivity index (χ0) is 20.1. The van der Waals surface area contributed by atoms with Crippen LogP contribution in [0.4, 0.5) is 0 Å². The summed E-state index contributed by atoms with van der Waals surface area (Å²) in [7, 11) is 4.45. The third-order valence-corrected chi connectivity index (χ3v) is 5.82. The van der Waals surface area contributed by atoms with Gasteiger partial charge in [0.05, 0.1) is 21.3 Å². The maximum atomic E-state index is 12.7. The second-order valence-corrected chi connectivity index (χ2v) is 7.32. The number of piperidine rings is 1. The van der Waals surface area contributed by atoms with Gasteiger partial charge in [0, 0.05) is 24.7 Å². The summed E-state index contributed by atoms with van der Waals surface area (Å²) in [6, 6.07) is 3.36. The number of methoxy groups -OCH3 is 3. The van der Waals surface area contributed by atoms with E-state index in [4.69, 9.17) is 18.9 Å². The first kappa shape index (κ1) is 20.3. The summed E-state index contributed by atoms with van der Waals surface area (Å²) in [4.78, 5) is 27.3. The molecule has 1 aliphatic carbocycles. The molecule has 2 aliphatic rings. The molecule has 1 heterocycles. The van der Waals surface area contributed by atoms with Gasteiger partial charge in [-0.2, -0.15) is 0 Å². The molecule has 28 heavy (non-hydrogen) atoms. The summed E-state index contributed by atoms with van der Waals surface area (Å²) in [6.45, 7) is 0.483. The lowest BCUT2D eigenvalue weighted by Crippen LogP contribution is -2.50. The molecule has 154 valence electrons. The molecule has 2 fully saturated rings. The Kier molecular flexibility index (Phi) is 6.65. The normalized spacial score (nSPS) is 21.5. The average molecular weight is 391 g/mol. The predicted octanol–water partition coefficient (Wildman–Crippen LogP) is 3.05. The number of ether oxygens (including phenoxy) is 4. The van der Waals surface area contributed by atoms with Crippen molar-refractivity contribution in [1.82, 2.24) is 4.90 Å². The van der Waals surface area contributed by atoms with Crippen LogP contribution in [0.1, 0.15) is 48.9 Å². The van der Waals surface area contributed by atoms with Crippen molar-refractivity contribution in [3.63, 3.8) is 0 Å². The van der Waals surface area contributed by atoms with E-state index in [0.717, 1.165) is 25.8 Å². The molecule has 7 nitrogen and oxygen atoms in total. The molecule has 0 unspecified atom stereocenters. The van der Waals surface area contributed by atoms with Crippen LogP contribution in [0.5, 0.6) is 17.2 Å². The van der Waals surface area contributed by atoms with Gasteiger partial charge < -0.3 is 23.8 Å². The molecule has 1 saturated heterocycles. The van der Waals surface area contributed by atoms with E-state index in [-0.39, 0.29) is 18.1 Å². The Morgan fingerprint density at radius 1 is 0.929 bits per heavy atom. The molecular formula is C21H29NO6. The van der Waals surface area contributed by atoms with Gasteiger partial charge in [-0.1, -0.05) is 12.8 Å². The summed E-state index contributed by atoms with van der Waals surface area (Å²) in [5, 5.41) is 0. The highest BCUT2D eigenvalue weighted by atomic mass is 16.5. The Balaban J connectivity index is 1.67. The van der Waals surface area contributed by atoms with Crippen LogP contribution in [0.2, 0.25) is 0 Å². The molecule has 1 aromatic carbocycles. The lowest BCUT2D eigenvalue weighted by molar-refractivity contribution is -0.140. The van der Waals surface area contributed by atoms with E-state index in [1.54, 1.807) is 6.07 Å². The van der Waals surface area contributed by atoms with Crippen LogP contribution in [0.15, 0.2) is 12.1 Å². The fourth-order valence-electron chi connectivity index (χ4n) is 4.41. The maximum absolute atomic E-state index is 12.7. The third-order valence-electron chi connectivity index (χ3n) is 5.82. The standard InChI is InChI=1S/C21H29NO6/c1-25-17-12-19(27-3)18(26-2)11-15(17)21(24)28-13-20(23)22-10-6-8-14-7-4-5-9-16(14)22/h11-12,14,16H,4-10,13H2,1-3H3/t14-,16-/m1/s1. The lowest BCUT2D eigenvalue weighted by Gasteiger charge is -2.44. The van der Waals surface area contributed by atoms with Crippen molar-refractivity contribution < 1.29 is 28.5 Å². The van der Waals surface area contributed by atoms with Crippen molar-refractivity contribution in [2.24, 2.45) is 5.92 Å². The number of rotatable bonds is 6. The predicted molar refractivity (Wildman–Crippen MR) is 103 cm³/mol. The van der Waals surface area contributed by atoms with Crippen LogP contribution in [0.3, 0.4) is 0 Å². The van der Waals surface area contributed by atoms with Gasteiger partial charge in [-0.15, -0.1) is 0 Å². The maximum Gasteiger partial charge on any atom is 0.342 e. The van der Waals surface area contributed by atoms with Gasteiger partial charge in [0.15, 0.2) is 18.1 Å². The molecule has 2 atom stereocenters. The van der Waals surface area contributed by atoms with E-state index in [1.807, 2.05) is 4.90 Å². The summed E-state index contributed by atoms with van der Waals surface area (Å²) in [5.41, 5.74) is 0.196. The summed E-state index contributed by atoms with van der Waals surface area (Å²) in [6.07, 6.45) is 6.86. The van der Waals surface area contributed by atoms with E-state index < -0.39 is 5.97 Å². The van der Waals surface area contributed by atoms with Crippen molar-refractivity contribution in [1.29, 1.82) is 0 Å². The van der Waals surface area contributed by atoms with Crippen LogP contribution in [0.25, 0.3) is 0 Å². The van der Waals surface area contributed by atoms with E-state index in [9.17, 15) is 9.59 Å². The smallest absolute Gasteiger partial charge is 0.342 e. The molecule has 1 aliphatic heterocycles. The van der Waals surface area contributed by atoms with Gasteiger partial charge in [-0.05, 0) is 31.6 Å². The van der Waals surface area contributed by atoms with Gasteiger partial charge in [0.25, 0.3) is 5.91 Å². The third kappa shape index (κ3) is 4.18. The van der Waals surface area contributed by atoms with Crippen LogP contribution in [-0.2, 0) is 9.53 Å². The average Bonchev–Trinajstić information content (AvgIpc) is 2.75. The highest BCUT2D eigenvalue weighted by Crippen LogP contribution is 2.36. The van der Waals surface area contributed by atoms with Crippen molar-refractivity contribution in [2.75, 3.05) is 34.5 Å². The molecule has 0 bridgehead atoms. The van der Waals surface area contributed by atoms with Gasteiger partial charge in [-0.3, -0.25) is 4.79 Å². The highest BCUT2D eigenvalue weighted by molar-refractivity contribution is 5.95. The van der Waals surface area contributed by atoms with E-state index in [1.165, 1.54) is 46.7 Å². The minimum atomic E-state index is -0.622. The summed E-state index contributed by atoms with van der Waals surface area (Å²) in [5.74, 6) is 0.993. The Morgan fingerprint density at radius 3 is 2.29 bits per heavy atom.